The van der Waals surface area contributed by atoms with Crippen molar-refractivity contribution in [3.05, 3.63) is 48.6 Å². The van der Waals surface area contributed by atoms with E-state index in [0.717, 1.165) is 47.3 Å². The van der Waals surface area contributed by atoms with Crippen molar-refractivity contribution in [1.29, 1.82) is 0 Å². The molecule has 1 N–H and O–H groups in total. The summed E-state index contributed by atoms with van der Waals surface area (Å²) >= 11 is 2.08. The summed E-state index contributed by atoms with van der Waals surface area (Å²) in [7, 11) is 0. The van der Waals surface area contributed by atoms with Crippen molar-refractivity contribution >= 4 is 16.8 Å². The fraction of sp³-hybridized carbons (Fsp3) is 0.769. The zero-order valence-corrected chi connectivity index (χ0v) is 27.0. The van der Waals surface area contributed by atoms with Crippen molar-refractivity contribution in [2.45, 2.75) is 120 Å². The van der Waals surface area contributed by atoms with E-state index in [1.54, 1.807) is 0 Å². The highest BCUT2D eigenvalue weighted by Gasteiger charge is 2.69. The minimum Gasteiger partial charge on any atom is -0.374 e. The van der Waals surface area contributed by atoms with Crippen LogP contribution in [0.15, 0.2) is 53.7 Å². The van der Waals surface area contributed by atoms with Crippen molar-refractivity contribution in [3.8, 4) is 0 Å². The van der Waals surface area contributed by atoms with Crippen LogP contribution in [0.3, 0.4) is 0 Å². The van der Waals surface area contributed by atoms with Crippen molar-refractivity contribution in [2.75, 3.05) is 0 Å². The van der Waals surface area contributed by atoms with E-state index in [4.69, 9.17) is 9.84 Å². The van der Waals surface area contributed by atoms with E-state index >= 15 is 0 Å². The molecular formula is C39H54N2OS. The number of nitrogens with one attached hydrogen (secondary N) is 1. The summed E-state index contributed by atoms with van der Waals surface area (Å²) in [5, 5.41) is 6.89. The van der Waals surface area contributed by atoms with Gasteiger partial charge in [0.1, 0.15) is 5.37 Å². The first-order chi connectivity index (χ1) is 21.3. The molecule has 0 amide bonds. The third kappa shape index (κ3) is 4.56. The SMILES string of the molecule is C1=CC2C3C=CCCC3C3(C2C=C1)C1CCCCC1OC1CC(C2CCCC(C4=NNC(C5C=CCCC5)S4)C2)CCC13. The molecule has 5 fully saturated rings. The fourth-order valence-electron chi connectivity index (χ4n) is 12.9. The number of ether oxygens (including phenoxy) is 1. The first-order valence-corrected chi connectivity index (χ1v) is 19.5. The van der Waals surface area contributed by atoms with Crippen molar-refractivity contribution in [1.82, 2.24) is 5.43 Å². The fourth-order valence-corrected chi connectivity index (χ4v) is 14.2. The largest absolute Gasteiger partial charge is 0.374 e. The molecule has 1 spiro atoms. The van der Waals surface area contributed by atoms with Crippen LogP contribution in [0.2, 0.25) is 0 Å². The zero-order valence-electron chi connectivity index (χ0n) is 26.2. The molecule has 9 aliphatic rings. The van der Waals surface area contributed by atoms with E-state index in [9.17, 15) is 0 Å². The number of hydrogen-bond donors (Lipinski definition) is 1. The highest BCUT2D eigenvalue weighted by atomic mass is 32.2. The number of allylic oxidation sites excluding steroid dienone is 7. The maximum atomic E-state index is 7.37. The molecule has 0 bridgehead atoms. The quantitative estimate of drug-likeness (QED) is 0.329. The third-order valence-corrected chi connectivity index (χ3v) is 15.8. The molecule has 7 aliphatic carbocycles. The number of thioether (sulfide) groups is 1. The average Bonchev–Trinajstić information content (AvgIpc) is 3.68. The zero-order chi connectivity index (χ0) is 28.4. The number of rotatable bonds is 3. The minimum atomic E-state index is 0.457. The van der Waals surface area contributed by atoms with Gasteiger partial charge in [0, 0.05) is 11.8 Å². The van der Waals surface area contributed by atoms with Gasteiger partial charge in [-0.15, -0.1) is 0 Å². The monoisotopic (exact) mass is 598 g/mol. The van der Waals surface area contributed by atoms with E-state index in [1.807, 2.05) is 0 Å². The lowest BCUT2D eigenvalue weighted by Crippen LogP contribution is -2.62. The molecule has 9 rings (SSSR count). The Balaban J connectivity index is 0.950. The first kappa shape index (κ1) is 28.0. The van der Waals surface area contributed by atoms with Gasteiger partial charge in [0.2, 0.25) is 0 Å². The highest BCUT2D eigenvalue weighted by molar-refractivity contribution is 8.14. The Hall–Kier alpha value is -1.26. The molecule has 4 heteroatoms. The van der Waals surface area contributed by atoms with Crippen molar-refractivity contribution in [2.24, 2.45) is 69.7 Å². The number of hydrazone groups is 1. The van der Waals surface area contributed by atoms with Crippen LogP contribution < -0.4 is 5.43 Å². The lowest BCUT2D eigenvalue weighted by Gasteiger charge is -2.63. The summed E-state index contributed by atoms with van der Waals surface area (Å²) in [5.74, 6) is 7.63. The van der Waals surface area contributed by atoms with Crippen LogP contribution in [0, 0.1) is 64.6 Å². The summed E-state index contributed by atoms with van der Waals surface area (Å²) in [6.45, 7) is 0. The molecule has 0 aromatic heterocycles. The summed E-state index contributed by atoms with van der Waals surface area (Å²) in [5.41, 5.74) is 4.03. The minimum absolute atomic E-state index is 0.457. The van der Waals surface area contributed by atoms with Gasteiger partial charge in [-0.1, -0.05) is 86.1 Å². The number of nitrogens with zero attached hydrogens (tertiary/aromatic N) is 1. The first-order valence-electron chi connectivity index (χ1n) is 18.6. The summed E-state index contributed by atoms with van der Waals surface area (Å²) < 4.78 is 7.37. The molecule has 1 saturated heterocycles. The van der Waals surface area contributed by atoms with Crippen LogP contribution >= 0.6 is 11.8 Å². The van der Waals surface area contributed by atoms with Crippen LogP contribution in [0.5, 0.6) is 0 Å². The Kier molecular flexibility index (Phi) is 7.50. The van der Waals surface area contributed by atoms with Crippen molar-refractivity contribution in [3.63, 3.8) is 0 Å². The lowest BCUT2D eigenvalue weighted by atomic mass is 9.46. The molecule has 232 valence electrons. The van der Waals surface area contributed by atoms with Crippen LogP contribution in [0.4, 0.5) is 0 Å². The van der Waals surface area contributed by atoms with Gasteiger partial charge in [-0.25, -0.2) is 0 Å². The van der Waals surface area contributed by atoms with Crippen LogP contribution in [-0.2, 0) is 4.74 Å². The Morgan fingerprint density at radius 3 is 2.53 bits per heavy atom. The standard InChI is InChI=1S/C39H54N2OS/c1-2-11-25(12-3-1)37-40-41-38(43-37)28-14-10-13-26(23-28)27-21-22-34-36(24-27)42-35-20-9-8-19-33(35)39(34)31-17-6-4-15-29(31)30-16-5-7-18-32(30)39/h2,4-6,11,15-17,25-37,40H,1,3,7-10,12-14,18-24H2. The normalized spacial score (nSPS) is 51.7. The van der Waals surface area contributed by atoms with Gasteiger partial charge in [0.15, 0.2) is 0 Å². The van der Waals surface area contributed by atoms with Crippen LogP contribution in [-0.4, -0.2) is 22.6 Å². The molecule has 0 radical (unpaired) electrons. The number of hydrogen-bond acceptors (Lipinski definition) is 4. The average molecular weight is 599 g/mol. The van der Waals surface area contributed by atoms with E-state index in [2.05, 4.69) is 65.8 Å². The molecule has 3 nitrogen and oxygen atoms in total. The Bertz CT molecular complexity index is 1200. The second-order valence-corrected chi connectivity index (χ2v) is 17.3. The van der Waals surface area contributed by atoms with Gasteiger partial charge in [-0.3, -0.25) is 5.43 Å². The molecule has 4 saturated carbocycles. The summed E-state index contributed by atoms with van der Waals surface area (Å²) in [6, 6.07) is 0. The second kappa shape index (κ2) is 11.5. The topological polar surface area (TPSA) is 33.6 Å². The molecule has 2 aliphatic heterocycles. The second-order valence-electron chi connectivity index (χ2n) is 16.1. The molecule has 14 unspecified atom stereocenters. The van der Waals surface area contributed by atoms with Crippen LogP contribution in [0.1, 0.15) is 103 Å². The van der Waals surface area contributed by atoms with E-state index in [0.29, 0.717) is 34.8 Å². The molecule has 43 heavy (non-hydrogen) atoms. The molecular weight excluding hydrogens is 545 g/mol. The van der Waals surface area contributed by atoms with Gasteiger partial charge < -0.3 is 4.74 Å². The lowest BCUT2D eigenvalue weighted by molar-refractivity contribution is -0.240. The summed E-state index contributed by atoms with van der Waals surface area (Å²) in [6.07, 6.45) is 43.1. The van der Waals surface area contributed by atoms with Gasteiger partial charge in [0.25, 0.3) is 0 Å². The van der Waals surface area contributed by atoms with E-state index in [-0.39, 0.29) is 0 Å². The molecule has 0 aromatic rings. The Morgan fingerprint density at radius 1 is 0.698 bits per heavy atom. The van der Waals surface area contributed by atoms with E-state index in [1.165, 1.54) is 108 Å². The van der Waals surface area contributed by atoms with Crippen molar-refractivity contribution < 1.29 is 4.74 Å². The van der Waals surface area contributed by atoms with Crippen LogP contribution in [0.25, 0.3) is 0 Å². The van der Waals surface area contributed by atoms with Gasteiger partial charge in [-0.05, 0) is 130 Å². The molecule has 14 atom stereocenters. The molecule has 0 aromatic carbocycles. The Morgan fingerprint density at radius 2 is 1.58 bits per heavy atom. The highest BCUT2D eigenvalue weighted by Crippen LogP contribution is 2.72. The molecule has 2 heterocycles. The third-order valence-electron chi connectivity index (χ3n) is 14.4. The van der Waals surface area contributed by atoms with Gasteiger partial charge >= 0.3 is 0 Å². The van der Waals surface area contributed by atoms with E-state index < -0.39 is 0 Å². The number of fused-ring (bicyclic) bond motifs is 9. The summed E-state index contributed by atoms with van der Waals surface area (Å²) in [4.78, 5) is 0. The predicted octanol–water partition coefficient (Wildman–Crippen LogP) is 9.44. The van der Waals surface area contributed by atoms with Gasteiger partial charge in [0.05, 0.1) is 17.3 Å². The Labute approximate surface area is 264 Å². The smallest absolute Gasteiger partial charge is 0.101 e. The predicted molar refractivity (Wildman–Crippen MR) is 178 cm³/mol. The van der Waals surface area contributed by atoms with Gasteiger partial charge in [-0.2, -0.15) is 5.10 Å². The maximum Gasteiger partial charge on any atom is 0.101 e. The maximum absolute atomic E-state index is 7.37.